The Hall–Kier alpha value is -2.05. The lowest BCUT2D eigenvalue weighted by Gasteiger charge is -2.09. The zero-order chi connectivity index (χ0) is 16.3. The second-order valence-corrected chi connectivity index (χ2v) is 6.93. The molecule has 0 aromatic heterocycles. The summed E-state index contributed by atoms with van der Waals surface area (Å²) >= 11 is 5.95. The molecule has 2 N–H and O–H groups in total. The Morgan fingerprint density at radius 1 is 1.05 bits per heavy atom. The predicted molar refractivity (Wildman–Crippen MR) is 86.7 cm³/mol. The van der Waals surface area contributed by atoms with Crippen LogP contribution in [0.1, 0.15) is 11.1 Å². The van der Waals surface area contributed by atoms with Crippen LogP contribution in [-0.2, 0) is 10.0 Å². The molecule has 2 aromatic rings. The molecule has 0 aliphatic heterocycles. The molecule has 2 amide bonds. The van der Waals surface area contributed by atoms with Crippen LogP contribution in [0.25, 0.3) is 0 Å². The van der Waals surface area contributed by atoms with Gasteiger partial charge in [-0.25, -0.2) is 17.9 Å². The third-order valence-electron chi connectivity index (χ3n) is 2.99. The first-order valence-corrected chi connectivity index (χ1v) is 8.31. The molecule has 0 unspecified atom stereocenters. The average molecular weight is 339 g/mol. The molecule has 0 spiro atoms. The number of hydrogen-bond donors (Lipinski definition) is 2. The number of aryl methyl sites for hydroxylation is 2. The smallest absolute Gasteiger partial charge is 0.307 e. The predicted octanol–water partition coefficient (Wildman–Crippen LogP) is 3.47. The topological polar surface area (TPSA) is 75.3 Å². The van der Waals surface area contributed by atoms with Crippen molar-refractivity contribution in [1.29, 1.82) is 0 Å². The number of benzene rings is 2. The van der Waals surface area contributed by atoms with Gasteiger partial charge in [0, 0.05) is 10.7 Å². The average Bonchev–Trinajstić information content (AvgIpc) is 2.42. The van der Waals surface area contributed by atoms with Gasteiger partial charge in [0.25, 0.3) is 10.0 Å². The molecule has 0 fully saturated rings. The van der Waals surface area contributed by atoms with Crippen molar-refractivity contribution in [3.8, 4) is 0 Å². The Morgan fingerprint density at radius 3 is 2.27 bits per heavy atom. The number of nitrogens with one attached hydrogen (secondary N) is 2. The molecular formula is C15H15ClN2O3S. The largest absolute Gasteiger partial charge is 0.333 e. The summed E-state index contributed by atoms with van der Waals surface area (Å²) in [6.07, 6.45) is 0. The summed E-state index contributed by atoms with van der Waals surface area (Å²) in [4.78, 5) is 11.8. The van der Waals surface area contributed by atoms with Crippen molar-refractivity contribution in [2.45, 2.75) is 18.7 Å². The SMILES string of the molecule is Cc1ccc(S(=O)(=O)NC(=O)Nc2ccc(C)c(Cl)c2)cc1. The maximum atomic E-state index is 12.1. The Balaban J connectivity index is 2.10. The maximum Gasteiger partial charge on any atom is 0.333 e. The Labute approximate surface area is 134 Å². The van der Waals surface area contributed by atoms with Gasteiger partial charge in [-0.2, -0.15) is 0 Å². The number of rotatable bonds is 3. The van der Waals surface area contributed by atoms with Crippen LogP contribution in [0, 0.1) is 13.8 Å². The van der Waals surface area contributed by atoms with E-state index in [1.165, 1.54) is 12.1 Å². The van der Waals surface area contributed by atoms with Crippen LogP contribution in [0.4, 0.5) is 10.5 Å². The summed E-state index contributed by atoms with van der Waals surface area (Å²) in [5, 5.41) is 2.92. The van der Waals surface area contributed by atoms with Crippen LogP contribution in [0.5, 0.6) is 0 Å². The van der Waals surface area contributed by atoms with Crippen molar-refractivity contribution in [2.24, 2.45) is 0 Å². The van der Waals surface area contributed by atoms with Crippen molar-refractivity contribution in [3.63, 3.8) is 0 Å². The molecule has 5 nitrogen and oxygen atoms in total. The number of sulfonamides is 1. The van der Waals surface area contributed by atoms with Crippen molar-refractivity contribution in [1.82, 2.24) is 4.72 Å². The van der Waals surface area contributed by atoms with E-state index in [4.69, 9.17) is 11.6 Å². The van der Waals surface area contributed by atoms with E-state index < -0.39 is 16.1 Å². The fraction of sp³-hybridized carbons (Fsp3) is 0.133. The summed E-state index contributed by atoms with van der Waals surface area (Å²) in [5.74, 6) is 0. The van der Waals surface area contributed by atoms with Gasteiger partial charge in [-0.15, -0.1) is 0 Å². The van der Waals surface area contributed by atoms with Crippen LogP contribution in [0.15, 0.2) is 47.4 Å². The van der Waals surface area contributed by atoms with Gasteiger partial charge < -0.3 is 5.32 Å². The molecule has 0 bridgehead atoms. The third-order valence-corrected chi connectivity index (χ3v) is 4.74. The number of hydrogen-bond acceptors (Lipinski definition) is 3. The van der Waals surface area contributed by atoms with Crippen LogP contribution < -0.4 is 10.0 Å². The van der Waals surface area contributed by atoms with Gasteiger partial charge >= 0.3 is 6.03 Å². The van der Waals surface area contributed by atoms with E-state index in [9.17, 15) is 13.2 Å². The first-order chi connectivity index (χ1) is 10.3. The molecule has 0 aliphatic carbocycles. The minimum Gasteiger partial charge on any atom is -0.307 e. The maximum absolute atomic E-state index is 12.1. The normalized spacial score (nSPS) is 11.0. The number of anilines is 1. The molecule has 116 valence electrons. The summed E-state index contributed by atoms with van der Waals surface area (Å²) in [5.41, 5.74) is 2.20. The van der Waals surface area contributed by atoms with E-state index in [-0.39, 0.29) is 4.90 Å². The van der Waals surface area contributed by atoms with Crippen molar-refractivity contribution in [3.05, 3.63) is 58.6 Å². The van der Waals surface area contributed by atoms with Gasteiger partial charge in [-0.05, 0) is 43.7 Å². The lowest BCUT2D eigenvalue weighted by molar-refractivity contribution is 0.256. The molecule has 2 aromatic carbocycles. The fourth-order valence-corrected chi connectivity index (χ4v) is 2.81. The van der Waals surface area contributed by atoms with E-state index in [1.807, 2.05) is 18.6 Å². The van der Waals surface area contributed by atoms with E-state index >= 15 is 0 Å². The van der Waals surface area contributed by atoms with Gasteiger partial charge in [0.15, 0.2) is 0 Å². The van der Waals surface area contributed by atoms with Gasteiger partial charge in [-0.3, -0.25) is 0 Å². The zero-order valence-corrected chi connectivity index (χ0v) is 13.6. The fourth-order valence-electron chi connectivity index (χ4n) is 1.73. The van der Waals surface area contributed by atoms with Gasteiger partial charge in [0.05, 0.1) is 4.90 Å². The quantitative estimate of drug-likeness (QED) is 0.899. The Kier molecular flexibility index (Phi) is 4.73. The molecule has 0 saturated heterocycles. The Bertz CT molecular complexity index is 802. The first-order valence-electron chi connectivity index (χ1n) is 6.44. The van der Waals surface area contributed by atoms with Gasteiger partial charge in [-0.1, -0.05) is 35.4 Å². The van der Waals surface area contributed by atoms with E-state index in [0.717, 1.165) is 11.1 Å². The number of halogens is 1. The lowest BCUT2D eigenvalue weighted by Crippen LogP contribution is -2.34. The first kappa shape index (κ1) is 16.3. The molecule has 0 saturated carbocycles. The standard InChI is InChI=1S/C15H15ClN2O3S/c1-10-3-7-13(8-4-10)22(20,21)18-15(19)17-12-6-5-11(2)14(16)9-12/h3-9H,1-2H3,(H2,17,18,19). The summed E-state index contributed by atoms with van der Waals surface area (Å²) in [6.45, 7) is 3.67. The minimum atomic E-state index is -3.91. The lowest BCUT2D eigenvalue weighted by atomic mass is 10.2. The van der Waals surface area contributed by atoms with Crippen molar-refractivity contribution < 1.29 is 13.2 Å². The van der Waals surface area contributed by atoms with Crippen LogP contribution in [-0.4, -0.2) is 14.4 Å². The van der Waals surface area contributed by atoms with Crippen LogP contribution in [0.2, 0.25) is 5.02 Å². The molecule has 2 rings (SSSR count). The number of amides is 2. The highest BCUT2D eigenvalue weighted by molar-refractivity contribution is 7.90. The molecular weight excluding hydrogens is 324 g/mol. The van der Waals surface area contributed by atoms with Gasteiger partial charge in [0.2, 0.25) is 0 Å². The summed E-state index contributed by atoms with van der Waals surface area (Å²) in [6, 6.07) is 10.3. The van der Waals surface area contributed by atoms with Gasteiger partial charge in [0.1, 0.15) is 0 Å². The molecule has 0 radical (unpaired) electrons. The summed E-state index contributed by atoms with van der Waals surface area (Å²) in [7, 11) is -3.91. The highest BCUT2D eigenvalue weighted by Crippen LogP contribution is 2.20. The second kappa shape index (κ2) is 6.37. The molecule has 22 heavy (non-hydrogen) atoms. The van der Waals surface area contributed by atoms with E-state index in [1.54, 1.807) is 30.3 Å². The molecule has 0 aliphatic rings. The Morgan fingerprint density at radius 2 is 1.68 bits per heavy atom. The second-order valence-electron chi connectivity index (χ2n) is 4.84. The van der Waals surface area contributed by atoms with E-state index in [0.29, 0.717) is 10.7 Å². The highest BCUT2D eigenvalue weighted by Gasteiger charge is 2.17. The monoisotopic (exact) mass is 338 g/mol. The molecule has 0 atom stereocenters. The molecule has 0 heterocycles. The number of carbonyl (C=O) groups excluding carboxylic acids is 1. The van der Waals surface area contributed by atoms with Crippen LogP contribution in [0.3, 0.4) is 0 Å². The van der Waals surface area contributed by atoms with Crippen LogP contribution >= 0.6 is 11.6 Å². The highest BCUT2D eigenvalue weighted by atomic mass is 35.5. The number of urea groups is 1. The van der Waals surface area contributed by atoms with E-state index in [2.05, 4.69) is 5.32 Å². The minimum absolute atomic E-state index is 0.0233. The number of carbonyl (C=O) groups is 1. The third kappa shape index (κ3) is 3.99. The van der Waals surface area contributed by atoms with Crippen molar-refractivity contribution >= 4 is 33.3 Å². The van der Waals surface area contributed by atoms with Crippen molar-refractivity contribution in [2.75, 3.05) is 5.32 Å². The summed E-state index contributed by atoms with van der Waals surface area (Å²) < 4.78 is 26.1. The zero-order valence-electron chi connectivity index (χ0n) is 12.1. The molecule has 7 heteroatoms.